The van der Waals surface area contributed by atoms with Crippen LogP contribution in [-0.2, 0) is 39.5 Å². The van der Waals surface area contributed by atoms with Crippen molar-refractivity contribution in [3.63, 3.8) is 0 Å². The van der Waals surface area contributed by atoms with Crippen molar-refractivity contribution in [3.05, 3.63) is 118 Å². The maximum Gasteiger partial charge on any atom is 0.416 e. The first kappa shape index (κ1) is 44.8. The number of nitrogens with zero attached hydrogens (tertiary/aromatic N) is 8. The summed E-state index contributed by atoms with van der Waals surface area (Å²) < 4.78 is 88.3. The number of hydrogen-bond donors (Lipinski definition) is 1. The molecule has 0 bridgehead atoms. The Hall–Kier alpha value is -4.75. The monoisotopic (exact) mass is 950 g/mol. The van der Waals surface area contributed by atoms with Gasteiger partial charge >= 0.3 is 12.4 Å². The molecule has 2 aliphatic heterocycles. The molecule has 2 aromatic carbocycles. The molecule has 2 saturated heterocycles. The highest BCUT2D eigenvalue weighted by Gasteiger charge is 2.34. The maximum absolute atomic E-state index is 13.0. The van der Waals surface area contributed by atoms with Crippen molar-refractivity contribution < 1.29 is 37.6 Å². The quantitative estimate of drug-likeness (QED) is 0.125. The molecule has 10 nitrogen and oxygen atoms in total. The van der Waals surface area contributed by atoms with Crippen LogP contribution in [0, 0.1) is 0 Å². The largest absolute Gasteiger partial charge is 0.508 e. The summed E-state index contributed by atoms with van der Waals surface area (Å²) in [6, 6.07) is 14.9. The lowest BCUT2D eigenvalue weighted by Gasteiger charge is -2.32. The van der Waals surface area contributed by atoms with Crippen molar-refractivity contribution in [1.29, 1.82) is 0 Å². The van der Waals surface area contributed by atoms with Crippen molar-refractivity contribution in [2.24, 2.45) is 14.1 Å². The van der Waals surface area contributed by atoms with Gasteiger partial charge in [-0.1, -0.05) is 41.3 Å². The number of phenols is 1. The number of imidazole rings is 2. The number of fused-ring (bicyclic) bond motifs is 2. The van der Waals surface area contributed by atoms with Crippen molar-refractivity contribution in [3.8, 4) is 11.5 Å². The molecule has 0 amide bonds. The van der Waals surface area contributed by atoms with Crippen LogP contribution in [-0.4, -0.2) is 77.3 Å². The number of methoxy groups -OCH3 is 1. The van der Waals surface area contributed by atoms with Gasteiger partial charge in [0.1, 0.15) is 23.1 Å². The summed E-state index contributed by atoms with van der Waals surface area (Å²) in [6.45, 7) is 8.06. The van der Waals surface area contributed by atoms with Crippen molar-refractivity contribution in [2.75, 3.05) is 33.3 Å². The van der Waals surface area contributed by atoms with Crippen molar-refractivity contribution in [2.45, 2.75) is 63.0 Å². The van der Waals surface area contributed by atoms with Gasteiger partial charge < -0.3 is 19.0 Å². The molecule has 2 aliphatic rings. The second-order valence-corrected chi connectivity index (χ2v) is 15.7. The molecule has 1 N–H and O–H groups in total. The fourth-order valence-electron chi connectivity index (χ4n) is 7.92. The molecule has 0 aliphatic carbocycles. The van der Waals surface area contributed by atoms with Gasteiger partial charge in [-0.25, -0.2) is 19.9 Å². The predicted molar refractivity (Wildman–Crippen MR) is 229 cm³/mol. The van der Waals surface area contributed by atoms with Gasteiger partial charge in [-0.2, -0.15) is 26.3 Å². The number of benzene rings is 2. The number of hydrogen-bond acceptors (Lipinski definition) is 8. The number of ether oxygens (including phenoxy) is 1. The van der Waals surface area contributed by atoms with E-state index in [2.05, 4.69) is 63.5 Å². The standard InChI is InChI=1S/C21H23F3N4O.C20H21F3N4O.C2H3I.H2/c1-27-17-4-3-9-25-20(17)26-19(27)13-28-10-7-14(8-11-28)16-6-5-15(21(22,23)24)12-18(16)29-2;1-26-16-3-2-8-24-19(16)25-18(26)12-27-9-6-13(7-10-27)15-5-4-14(11-17(15)28)20(21,22)23;1-2-3;/h3-6,9,12,14H,7-8,10-11,13H2,1-2H3;2-5,8,11,13,28H,6-7,9-10,12H2,1H3;2H,1H2;1H. The summed E-state index contributed by atoms with van der Waals surface area (Å²) >= 11 is 2.05. The Morgan fingerprint density at radius 1 is 0.733 bits per heavy atom. The SMILES string of the molecule is C=CI.COc1cc(C(F)(F)F)ccc1C1CCN(Cc2nc3ncccc3n2C)CC1.Cn1c(CN2CCC(c3ccc(C(F)(F)F)cc3O)CC2)nc2ncccc21.[HH]. The molecular formula is C43H49F6IN8O2. The van der Waals surface area contributed by atoms with Gasteiger partial charge in [-0.05, 0) is 127 Å². The van der Waals surface area contributed by atoms with E-state index < -0.39 is 23.5 Å². The third-order valence-electron chi connectivity index (χ3n) is 11.2. The Labute approximate surface area is 359 Å². The number of phenolic OH excluding ortho intramolecular Hbond substituents is 1. The molecule has 6 heterocycles. The highest BCUT2D eigenvalue weighted by molar-refractivity contribution is 14.1. The minimum Gasteiger partial charge on any atom is -0.508 e. The van der Waals surface area contributed by atoms with E-state index in [1.54, 1.807) is 22.5 Å². The van der Waals surface area contributed by atoms with Crippen LogP contribution in [0.3, 0.4) is 0 Å². The van der Waals surface area contributed by atoms with Crippen LogP contribution in [0.1, 0.15) is 72.8 Å². The Kier molecular flexibility index (Phi) is 14.4. The number of aromatic nitrogens is 6. The molecule has 17 heteroatoms. The summed E-state index contributed by atoms with van der Waals surface area (Å²) in [5, 5.41) is 10.1. The van der Waals surface area contributed by atoms with Crippen molar-refractivity contribution >= 4 is 44.9 Å². The first-order valence-electron chi connectivity index (χ1n) is 19.4. The molecule has 0 radical (unpaired) electrons. The number of pyridine rings is 2. The molecule has 0 unspecified atom stereocenters. The smallest absolute Gasteiger partial charge is 0.416 e. The second kappa shape index (κ2) is 19.3. The van der Waals surface area contributed by atoms with Gasteiger partial charge in [0.2, 0.25) is 0 Å². The zero-order chi connectivity index (χ0) is 43.2. The molecule has 322 valence electrons. The highest BCUT2D eigenvalue weighted by Crippen LogP contribution is 2.40. The lowest BCUT2D eigenvalue weighted by molar-refractivity contribution is -0.138. The zero-order valence-corrected chi connectivity index (χ0v) is 35.7. The Bertz CT molecular complexity index is 2390. The molecule has 8 rings (SSSR count). The summed E-state index contributed by atoms with van der Waals surface area (Å²) in [5.74, 6) is 2.19. The lowest BCUT2D eigenvalue weighted by atomic mass is 9.88. The van der Waals surface area contributed by atoms with E-state index in [0.29, 0.717) is 17.9 Å². The van der Waals surface area contributed by atoms with Gasteiger partial charge in [-0.3, -0.25) is 9.80 Å². The van der Waals surface area contributed by atoms with Crippen LogP contribution in [0.2, 0.25) is 0 Å². The number of piperidine rings is 2. The first-order chi connectivity index (χ1) is 28.6. The van der Waals surface area contributed by atoms with Gasteiger partial charge in [0.25, 0.3) is 0 Å². The van der Waals surface area contributed by atoms with Crippen LogP contribution in [0.4, 0.5) is 26.3 Å². The molecule has 6 aromatic rings. The highest BCUT2D eigenvalue weighted by atomic mass is 127. The van der Waals surface area contributed by atoms with Crippen LogP contribution in [0.25, 0.3) is 22.3 Å². The van der Waals surface area contributed by atoms with Gasteiger partial charge in [0.15, 0.2) is 11.3 Å². The molecule has 4 aromatic heterocycles. The number of halogens is 7. The Morgan fingerprint density at radius 3 is 1.55 bits per heavy atom. The van der Waals surface area contributed by atoms with Gasteiger partial charge in [-0.15, -0.1) is 0 Å². The molecular weight excluding hydrogens is 901 g/mol. The van der Waals surface area contributed by atoms with Crippen LogP contribution in [0.15, 0.2) is 83.7 Å². The summed E-state index contributed by atoms with van der Waals surface area (Å²) in [6.07, 6.45) is -2.06. The topological polar surface area (TPSA) is 97.4 Å². The van der Waals surface area contributed by atoms with E-state index >= 15 is 0 Å². The summed E-state index contributed by atoms with van der Waals surface area (Å²) in [5.41, 5.74) is 3.42. The average Bonchev–Trinajstić information content (AvgIpc) is 3.72. The van der Waals surface area contributed by atoms with E-state index in [0.717, 1.165) is 122 Å². The van der Waals surface area contributed by atoms with Crippen LogP contribution in [0.5, 0.6) is 11.5 Å². The third kappa shape index (κ3) is 10.6. The summed E-state index contributed by atoms with van der Waals surface area (Å²) in [4.78, 5) is 22.4. The number of aryl methyl sites for hydroxylation is 2. The molecule has 0 atom stereocenters. The fraction of sp³-hybridized carbons (Fsp3) is 0.395. The zero-order valence-electron chi connectivity index (χ0n) is 33.5. The number of likely N-dealkylation sites (tertiary alicyclic amines) is 2. The second-order valence-electron chi connectivity index (χ2n) is 14.8. The van der Waals surface area contributed by atoms with E-state index in [1.807, 2.05) is 42.9 Å². The molecule has 60 heavy (non-hydrogen) atoms. The predicted octanol–water partition coefficient (Wildman–Crippen LogP) is 10.3. The van der Waals surface area contributed by atoms with E-state index in [9.17, 15) is 31.4 Å². The number of aromatic hydroxyl groups is 1. The van der Waals surface area contributed by atoms with Crippen molar-refractivity contribution in [1.82, 2.24) is 38.9 Å². The van der Waals surface area contributed by atoms with E-state index in [-0.39, 0.29) is 19.0 Å². The summed E-state index contributed by atoms with van der Waals surface area (Å²) in [7, 11) is 5.39. The Morgan fingerprint density at radius 2 is 1.15 bits per heavy atom. The minimum atomic E-state index is -4.44. The van der Waals surface area contributed by atoms with E-state index in [1.165, 1.54) is 13.2 Å². The van der Waals surface area contributed by atoms with Gasteiger partial charge in [0.05, 0.1) is 42.4 Å². The average molecular weight is 951 g/mol. The number of rotatable bonds is 7. The van der Waals surface area contributed by atoms with Crippen LogP contribution < -0.4 is 4.74 Å². The minimum absolute atomic E-state index is 0. The van der Waals surface area contributed by atoms with E-state index in [4.69, 9.17) is 4.74 Å². The molecule has 2 fully saturated rings. The maximum atomic E-state index is 13.0. The normalized spacial score (nSPS) is 16.0. The fourth-order valence-corrected chi connectivity index (χ4v) is 7.92. The Balaban J connectivity index is 0.000000214. The molecule has 0 spiro atoms. The third-order valence-corrected chi connectivity index (χ3v) is 11.2. The first-order valence-corrected chi connectivity index (χ1v) is 20.7. The van der Waals surface area contributed by atoms with Crippen LogP contribution >= 0.6 is 22.6 Å². The lowest BCUT2D eigenvalue weighted by Crippen LogP contribution is -2.33. The number of alkyl halides is 6. The van der Waals surface area contributed by atoms with Gasteiger partial charge in [0, 0.05) is 27.9 Å². The molecule has 0 saturated carbocycles.